The lowest BCUT2D eigenvalue weighted by Gasteiger charge is -1.96. The number of hydrogen-bond donors (Lipinski definition) is 0. The summed E-state index contributed by atoms with van der Waals surface area (Å²) in [7, 11) is 0. The highest BCUT2D eigenvalue weighted by molar-refractivity contribution is 5.79. The van der Waals surface area contributed by atoms with Gasteiger partial charge in [-0.15, -0.1) is 0 Å². The van der Waals surface area contributed by atoms with Crippen LogP contribution in [0.3, 0.4) is 0 Å². The van der Waals surface area contributed by atoms with Crippen LogP contribution in [0.5, 0.6) is 0 Å². The van der Waals surface area contributed by atoms with Crippen LogP contribution in [0.2, 0.25) is 0 Å². The van der Waals surface area contributed by atoms with E-state index in [1.807, 2.05) is 13.8 Å². The summed E-state index contributed by atoms with van der Waals surface area (Å²) >= 11 is 0. The molecule has 0 bridgehead atoms. The minimum absolute atomic E-state index is 0.179. The van der Waals surface area contributed by atoms with E-state index in [1.165, 1.54) is 0 Å². The zero-order valence-corrected chi connectivity index (χ0v) is 7.37. The fraction of sp³-hybridized carbons (Fsp3) is 0.444. The van der Waals surface area contributed by atoms with E-state index in [1.54, 1.807) is 12.4 Å². The van der Waals surface area contributed by atoms with E-state index in [2.05, 4.69) is 9.97 Å². The molecule has 0 unspecified atom stereocenters. The predicted octanol–water partition coefficient (Wildman–Crippen LogP) is 1.31. The van der Waals surface area contributed by atoms with Gasteiger partial charge in [-0.3, -0.25) is 4.79 Å². The molecule has 0 saturated heterocycles. The number of hydrogen-bond acceptors (Lipinski definition) is 3. The Labute approximate surface area is 71.9 Å². The Morgan fingerprint density at radius 1 is 1.42 bits per heavy atom. The Balaban J connectivity index is 2.64. The summed E-state index contributed by atoms with van der Waals surface area (Å²) in [4.78, 5) is 19.1. The van der Waals surface area contributed by atoms with Gasteiger partial charge < -0.3 is 0 Å². The normalized spacial score (nSPS) is 9.83. The summed E-state index contributed by atoms with van der Waals surface area (Å²) < 4.78 is 0. The van der Waals surface area contributed by atoms with E-state index >= 15 is 0 Å². The second-order valence-corrected chi connectivity index (χ2v) is 2.75. The highest BCUT2D eigenvalue weighted by atomic mass is 16.1. The quantitative estimate of drug-likeness (QED) is 0.676. The van der Waals surface area contributed by atoms with Crippen LogP contribution in [-0.4, -0.2) is 15.8 Å². The molecular weight excluding hydrogens is 152 g/mol. The minimum atomic E-state index is 0.179. The molecule has 0 aromatic carbocycles. The third-order valence-corrected chi connectivity index (χ3v) is 1.58. The van der Waals surface area contributed by atoms with Gasteiger partial charge in [0.25, 0.3) is 0 Å². The van der Waals surface area contributed by atoms with Crippen molar-refractivity contribution in [2.75, 3.05) is 0 Å². The molecule has 0 spiro atoms. The van der Waals surface area contributed by atoms with Crippen molar-refractivity contribution >= 4 is 5.78 Å². The third kappa shape index (κ3) is 2.42. The van der Waals surface area contributed by atoms with Crippen LogP contribution in [0.25, 0.3) is 0 Å². The second kappa shape index (κ2) is 3.95. The molecule has 0 saturated carbocycles. The summed E-state index contributed by atoms with van der Waals surface area (Å²) in [6.45, 7) is 3.77. The van der Waals surface area contributed by atoms with E-state index in [-0.39, 0.29) is 5.78 Å². The smallest absolute Gasteiger partial charge is 0.140 e. The maximum atomic E-state index is 11.0. The van der Waals surface area contributed by atoms with Crippen LogP contribution in [-0.2, 0) is 11.2 Å². The van der Waals surface area contributed by atoms with Gasteiger partial charge in [0.2, 0.25) is 0 Å². The number of ketones is 1. The molecule has 1 rings (SSSR count). The lowest BCUT2D eigenvalue weighted by atomic mass is 10.2. The summed E-state index contributed by atoms with van der Waals surface area (Å²) in [5, 5.41) is 0. The van der Waals surface area contributed by atoms with E-state index in [0.29, 0.717) is 18.7 Å². The first-order chi connectivity index (χ1) is 5.72. The van der Waals surface area contributed by atoms with Gasteiger partial charge in [-0.1, -0.05) is 6.92 Å². The maximum Gasteiger partial charge on any atom is 0.140 e. The van der Waals surface area contributed by atoms with Crippen molar-refractivity contribution < 1.29 is 4.79 Å². The molecule has 64 valence electrons. The van der Waals surface area contributed by atoms with E-state index in [0.717, 1.165) is 5.56 Å². The van der Waals surface area contributed by atoms with Crippen LogP contribution in [0.1, 0.15) is 24.7 Å². The molecule has 0 aliphatic rings. The molecule has 0 N–H and O–H groups in total. The van der Waals surface area contributed by atoms with Gasteiger partial charge in [0.1, 0.15) is 11.6 Å². The molecule has 0 aliphatic carbocycles. The molecule has 0 atom stereocenters. The number of Topliss-reactive ketones (excluding diaryl/α,β-unsaturated/α-hetero) is 1. The van der Waals surface area contributed by atoms with Crippen LogP contribution >= 0.6 is 0 Å². The summed E-state index contributed by atoms with van der Waals surface area (Å²) in [5.74, 6) is 0.798. The zero-order chi connectivity index (χ0) is 8.97. The van der Waals surface area contributed by atoms with Gasteiger partial charge in [-0.25, -0.2) is 9.97 Å². The molecule has 0 radical (unpaired) electrons. The molecule has 0 aliphatic heterocycles. The Kier molecular flexibility index (Phi) is 2.91. The zero-order valence-electron chi connectivity index (χ0n) is 7.37. The van der Waals surface area contributed by atoms with Crippen LogP contribution in [0, 0.1) is 6.92 Å². The number of carbonyl (C=O) groups excluding carboxylic acids is 1. The maximum absolute atomic E-state index is 11.0. The largest absolute Gasteiger partial charge is 0.299 e. The van der Waals surface area contributed by atoms with Crippen molar-refractivity contribution in [1.29, 1.82) is 0 Å². The summed E-state index contributed by atoms with van der Waals surface area (Å²) in [6.07, 6.45) is 4.37. The summed E-state index contributed by atoms with van der Waals surface area (Å²) in [5.41, 5.74) is 1.02. The van der Waals surface area contributed by atoms with Gasteiger partial charge in [0.15, 0.2) is 0 Å². The fourth-order valence-corrected chi connectivity index (χ4v) is 0.812. The Morgan fingerprint density at radius 2 is 2.00 bits per heavy atom. The van der Waals surface area contributed by atoms with E-state index < -0.39 is 0 Å². The first kappa shape index (κ1) is 8.84. The Morgan fingerprint density at radius 3 is 2.50 bits per heavy atom. The first-order valence-electron chi connectivity index (χ1n) is 4.01. The monoisotopic (exact) mass is 164 g/mol. The van der Waals surface area contributed by atoms with Gasteiger partial charge in [-0.2, -0.15) is 0 Å². The standard InChI is InChI=1S/C9H12N2O/c1-3-8(12)4-9-10-5-7(2)6-11-9/h5-6H,3-4H2,1-2H3. The molecule has 3 nitrogen and oxygen atoms in total. The average molecular weight is 164 g/mol. The lowest BCUT2D eigenvalue weighted by Crippen LogP contribution is -2.04. The molecule has 0 fully saturated rings. The molecule has 1 heterocycles. The van der Waals surface area contributed by atoms with Crippen molar-refractivity contribution in [3.8, 4) is 0 Å². The minimum Gasteiger partial charge on any atom is -0.299 e. The number of nitrogens with zero attached hydrogens (tertiary/aromatic N) is 2. The Hall–Kier alpha value is -1.25. The van der Waals surface area contributed by atoms with E-state index in [4.69, 9.17) is 0 Å². The first-order valence-corrected chi connectivity index (χ1v) is 4.01. The summed E-state index contributed by atoms with van der Waals surface area (Å²) in [6, 6.07) is 0. The van der Waals surface area contributed by atoms with Crippen molar-refractivity contribution in [2.45, 2.75) is 26.7 Å². The Bertz CT molecular complexity index is 266. The fourth-order valence-electron chi connectivity index (χ4n) is 0.812. The van der Waals surface area contributed by atoms with Crippen molar-refractivity contribution in [2.24, 2.45) is 0 Å². The predicted molar refractivity (Wildman–Crippen MR) is 45.8 cm³/mol. The van der Waals surface area contributed by atoms with Crippen LogP contribution in [0.15, 0.2) is 12.4 Å². The molecular formula is C9H12N2O. The van der Waals surface area contributed by atoms with Crippen LogP contribution < -0.4 is 0 Å². The van der Waals surface area contributed by atoms with Gasteiger partial charge in [0, 0.05) is 18.8 Å². The number of rotatable bonds is 3. The highest BCUT2D eigenvalue weighted by Crippen LogP contribution is 1.96. The number of carbonyl (C=O) groups is 1. The van der Waals surface area contributed by atoms with Crippen LogP contribution in [0.4, 0.5) is 0 Å². The van der Waals surface area contributed by atoms with Crippen molar-refractivity contribution in [1.82, 2.24) is 9.97 Å². The second-order valence-electron chi connectivity index (χ2n) is 2.75. The van der Waals surface area contributed by atoms with Crippen molar-refractivity contribution in [3.05, 3.63) is 23.8 Å². The van der Waals surface area contributed by atoms with Crippen molar-refractivity contribution in [3.63, 3.8) is 0 Å². The molecule has 1 aromatic rings. The van der Waals surface area contributed by atoms with Gasteiger partial charge in [0.05, 0.1) is 6.42 Å². The SMILES string of the molecule is CCC(=O)Cc1ncc(C)cn1. The number of aryl methyl sites for hydroxylation is 1. The average Bonchev–Trinajstić information content (AvgIpc) is 2.09. The molecule has 1 aromatic heterocycles. The highest BCUT2D eigenvalue weighted by Gasteiger charge is 2.02. The van der Waals surface area contributed by atoms with Gasteiger partial charge in [-0.05, 0) is 12.5 Å². The topological polar surface area (TPSA) is 42.9 Å². The third-order valence-electron chi connectivity index (χ3n) is 1.58. The number of aromatic nitrogens is 2. The van der Waals surface area contributed by atoms with Gasteiger partial charge >= 0.3 is 0 Å². The molecule has 3 heteroatoms. The molecule has 12 heavy (non-hydrogen) atoms. The molecule has 0 amide bonds. The van der Waals surface area contributed by atoms with E-state index in [9.17, 15) is 4.79 Å². The lowest BCUT2D eigenvalue weighted by molar-refractivity contribution is -0.118.